The molecule has 0 N–H and O–H groups in total. The number of alkyl halides is 3. The van der Waals surface area contributed by atoms with Crippen molar-refractivity contribution in [1.82, 2.24) is 9.55 Å². The molecule has 1 saturated heterocycles. The molecule has 0 radical (unpaired) electrons. The lowest BCUT2D eigenvalue weighted by Gasteiger charge is -2.14. The van der Waals surface area contributed by atoms with Crippen molar-refractivity contribution in [2.45, 2.75) is 31.7 Å². The van der Waals surface area contributed by atoms with Gasteiger partial charge in [0.1, 0.15) is 0 Å². The predicted octanol–water partition coefficient (Wildman–Crippen LogP) is 2.59. The zero-order chi connectivity index (χ0) is 15.0. The lowest BCUT2D eigenvalue weighted by atomic mass is 10.1. The molecule has 0 amide bonds. The highest BCUT2D eigenvalue weighted by atomic mass is 19.4. The van der Waals surface area contributed by atoms with E-state index < -0.39 is 17.3 Å². The lowest BCUT2D eigenvalue weighted by Crippen LogP contribution is -2.28. The number of benzene rings is 1. The van der Waals surface area contributed by atoms with Crippen LogP contribution in [-0.2, 0) is 17.5 Å². The van der Waals surface area contributed by atoms with Gasteiger partial charge in [-0.05, 0) is 25.0 Å². The summed E-state index contributed by atoms with van der Waals surface area (Å²) in [6.07, 6.45) is -1.74. The molecular weight excluding hydrogens is 285 g/mol. The van der Waals surface area contributed by atoms with E-state index in [0.29, 0.717) is 6.61 Å². The van der Waals surface area contributed by atoms with Crippen LogP contribution >= 0.6 is 0 Å². The Hall–Kier alpha value is -1.89. The van der Waals surface area contributed by atoms with E-state index in [1.165, 1.54) is 23.0 Å². The molecule has 7 heteroatoms. The molecule has 0 spiro atoms. The molecule has 4 nitrogen and oxygen atoms in total. The second-order valence-electron chi connectivity index (χ2n) is 5.03. The molecule has 1 atom stereocenters. The Bertz CT molecular complexity index is 718. The first-order chi connectivity index (χ1) is 9.97. The van der Waals surface area contributed by atoms with Gasteiger partial charge in [-0.2, -0.15) is 13.2 Å². The average molecular weight is 298 g/mol. The van der Waals surface area contributed by atoms with Gasteiger partial charge in [-0.1, -0.05) is 6.07 Å². The monoisotopic (exact) mass is 298 g/mol. The van der Waals surface area contributed by atoms with Gasteiger partial charge in [0.15, 0.2) is 0 Å². The number of aromatic nitrogens is 2. The van der Waals surface area contributed by atoms with E-state index in [1.807, 2.05) is 0 Å². The lowest BCUT2D eigenvalue weighted by molar-refractivity contribution is -0.136. The molecule has 21 heavy (non-hydrogen) atoms. The highest BCUT2D eigenvalue weighted by molar-refractivity contribution is 5.81. The largest absolute Gasteiger partial charge is 0.417 e. The standard InChI is InChI=1S/C14H13F3N2O2/c15-14(16,17)10-4-1-5-11-12(10)13(20)19(8-18-11)7-9-3-2-6-21-9/h1,4-5,8-9H,2-3,6-7H2/t9-/m0/s1. The number of ether oxygens (including phenoxy) is 1. The van der Waals surface area contributed by atoms with Crippen molar-refractivity contribution >= 4 is 10.9 Å². The Kier molecular flexibility index (Phi) is 3.44. The van der Waals surface area contributed by atoms with E-state index in [1.54, 1.807) is 0 Å². The molecule has 112 valence electrons. The van der Waals surface area contributed by atoms with Crippen molar-refractivity contribution in [3.05, 3.63) is 40.4 Å². The third kappa shape index (κ3) is 2.65. The predicted molar refractivity (Wildman–Crippen MR) is 70.0 cm³/mol. The van der Waals surface area contributed by atoms with Gasteiger partial charge in [0.05, 0.1) is 35.4 Å². The van der Waals surface area contributed by atoms with Crippen LogP contribution in [0, 0.1) is 0 Å². The van der Waals surface area contributed by atoms with Gasteiger partial charge in [0.25, 0.3) is 5.56 Å². The number of hydrogen-bond donors (Lipinski definition) is 0. The zero-order valence-electron chi connectivity index (χ0n) is 11.1. The fraction of sp³-hybridized carbons (Fsp3) is 0.429. The SMILES string of the molecule is O=c1c2c(C(F)(F)F)cccc2ncn1C[C@@H]1CCCO1. The third-order valence-electron chi connectivity index (χ3n) is 3.58. The Morgan fingerprint density at radius 1 is 1.38 bits per heavy atom. The van der Waals surface area contributed by atoms with Crippen LogP contribution < -0.4 is 5.56 Å². The minimum absolute atomic E-state index is 0.0541. The van der Waals surface area contributed by atoms with Gasteiger partial charge in [-0.25, -0.2) is 4.98 Å². The Morgan fingerprint density at radius 2 is 2.19 bits per heavy atom. The van der Waals surface area contributed by atoms with E-state index in [-0.39, 0.29) is 23.6 Å². The van der Waals surface area contributed by atoms with Gasteiger partial charge < -0.3 is 4.74 Å². The summed E-state index contributed by atoms with van der Waals surface area (Å²) in [5.74, 6) is 0. The molecule has 0 bridgehead atoms. The average Bonchev–Trinajstić information content (AvgIpc) is 2.93. The van der Waals surface area contributed by atoms with E-state index in [4.69, 9.17) is 4.74 Å². The molecule has 0 unspecified atom stereocenters. The zero-order valence-corrected chi connectivity index (χ0v) is 11.1. The van der Waals surface area contributed by atoms with Gasteiger partial charge in [-0.3, -0.25) is 9.36 Å². The Labute approximate surface area is 118 Å². The summed E-state index contributed by atoms with van der Waals surface area (Å²) in [4.78, 5) is 16.3. The Morgan fingerprint density at radius 3 is 2.86 bits per heavy atom. The molecule has 1 aromatic heterocycles. The van der Waals surface area contributed by atoms with Crippen LogP contribution in [0.25, 0.3) is 10.9 Å². The molecule has 1 aliphatic rings. The molecule has 2 aromatic rings. The summed E-state index contributed by atoms with van der Waals surface area (Å²) in [5, 5.41) is -0.384. The van der Waals surface area contributed by atoms with E-state index in [0.717, 1.165) is 18.9 Å². The second kappa shape index (κ2) is 5.14. The quantitative estimate of drug-likeness (QED) is 0.856. The maximum atomic E-state index is 13.0. The molecule has 3 rings (SSSR count). The minimum atomic E-state index is -4.58. The molecule has 0 saturated carbocycles. The fourth-order valence-corrected chi connectivity index (χ4v) is 2.57. The smallest absolute Gasteiger partial charge is 0.376 e. The van der Waals surface area contributed by atoms with Crippen LogP contribution in [0.1, 0.15) is 18.4 Å². The number of rotatable bonds is 2. The van der Waals surface area contributed by atoms with Crippen LogP contribution in [0.2, 0.25) is 0 Å². The van der Waals surface area contributed by atoms with E-state index >= 15 is 0 Å². The van der Waals surface area contributed by atoms with Gasteiger partial charge >= 0.3 is 6.18 Å². The van der Waals surface area contributed by atoms with E-state index in [9.17, 15) is 18.0 Å². The summed E-state index contributed by atoms with van der Waals surface area (Å²) in [6, 6.07) is 3.56. The fourth-order valence-electron chi connectivity index (χ4n) is 2.57. The first kappa shape index (κ1) is 14.1. The highest BCUT2D eigenvalue weighted by Crippen LogP contribution is 2.32. The van der Waals surface area contributed by atoms with E-state index in [2.05, 4.69) is 4.98 Å². The van der Waals surface area contributed by atoms with Crippen molar-refractivity contribution in [3.63, 3.8) is 0 Å². The number of nitrogens with zero attached hydrogens (tertiary/aromatic N) is 2. The first-order valence-electron chi connectivity index (χ1n) is 6.64. The minimum Gasteiger partial charge on any atom is -0.376 e. The number of halogens is 3. The Balaban J connectivity index is 2.12. The van der Waals surface area contributed by atoms with Gasteiger partial charge in [0.2, 0.25) is 0 Å². The summed E-state index contributed by atoms with van der Waals surface area (Å²) < 4.78 is 45.7. The van der Waals surface area contributed by atoms with Crippen molar-refractivity contribution in [2.75, 3.05) is 6.61 Å². The topological polar surface area (TPSA) is 44.1 Å². The number of fused-ring (bicyclic) bond motifs is 1. The molecule has 0 aliphatic carbocycles. The van der Waals surface area contributed by atoms with Crippen molar-refractivity contribution in [3.8, 4) is 0 Å². The summed E-state index contributed by atoms with van der Waals surface area (Å²) >= 11 is 0. The normalized spacial score (nSPS) is 19.3. The summed E-state index contributed by atoms with van der Waals surface area (Å²) in [6.45, 7) is 0.849. The van der Waals surface area contributed by atoms with Crippen molar-refractivity contribution in [2.24, 2.45) is 0 Å². The molecule has 1 fully saturated rings. The highest BCUT2D eigenvalue weighted by Gasteiger charge is 2.34. The first-order valence-corrected chi connectivity index (χ1v) is 6.64. The van der Waals surface area contributed by atoms with Crippen LogP contribution in [-0.4, -0.2) is 22.3 Å². The second-order valence-corrected chi connectivity index (χ2v) is 5.03. The van der Waals surface area contributed by atoms with Gasteiger partial charge in [-0.15, -0.1) is 0 Å². The summed E-state index contributed by atoms with van der Waals surface area (Å²) in [5.41, 5.74) is -1.57. The van der Waals surface area contributed by atoms with Crippen LogP contribution in [0.5, 0.6) is 0 Å². The van der Waals surface area contributed by atoms with Crippen molar-refractivity contribution < 1.29 is 17.9 Å². The molecule has 2 heterocycles. The molecular formula is C14H13F3N2O2. The third-order valence-corrected chi connectivity index (χ3v) is 3.58. The molecule has 1 aromatic carbocycles. The van der Waals surface area contributed by atoms with Crippen LogP contribution in [0.3, 0.4) is 0 Å². The maximum absolute atomic E-state index is 13.0. The van der Waals surface area contributed by atoms with Crippen LogP contribution in [0.4, 0.5) is 13.2 Å². The number of hydrogen-bond acceptors (Lipinski definition) is 3. The molecule has 1 aliphatic heterocycles. The summed E-state index contributed by atoms with van der Waals surface area (Å²) in [7, 11) is 0. The van der Waals surface area contributed by atoms with Gasteiger partial charge in [0, 0.05) is 6.61 Å². The maximum Gasteiger partial charge on any atom is 0.417 e. The van der Waals surface area contributed by atoms with Crippen molar-refractivity contribution in [1.29, 1.82) is 0 Å². The van der Waals surface area contributed by atoms with Crippen LogP contribution in [0.15, 0.2) is 29.3 Å².